The normalized spacial score (nSPS) is 11.9. The molecule has 3 aromatic rings. The second-order valence-corrected chi connectivity index (χ2v) is 5.57. The topological polar surface area (TPSA) is 68.3 Å². The first-order chi connectivity index (χ1) is 12.1. The minimum atomic E-state index is -0.734. The quantitative estimate of drug-likeness (QED) is 0.717. The van der Waals surface area contributed by atoms with Crippen LogP contribution in [0.1, 0.15) is 19.9 Å². The van der Waals surface area contributed by atoms with Crippen molar-refractivity contribution >= 4 is 11.6 Å². The Hall–Kier alpha value is -3.15. The molecular formula is C19H19N3O3. The molecule has 0 saturated heterocycles. The molecule has 1 atom stereocenters. The van der Waals surface area contributed by atoms with Crippen LogP contribution in [0.25, 0.3) is 11.5 Å². The van der Waals surface area contributed by atoms with Crippen molar-refractivity contribution in [3.05, 3.63) is 71.2 Å². The van der Waals surface area contributed by atoms with Gasteiger partial charge in [-0.1, -0.05) is 18.2 Å². The number of nitrogens with zero attached hydrogens (tertiary/aromatic N) is 3. The molecule has 0 saturated carbocycles. The Bertz CT molecular complexity index is 901. The van der Waals surface area contributed by atoms with Gasteiger partial charge in [-0.25, -0.2) is 4.68 Å². The molecule has 0 aliphatic heterocycles. The monoisotopic (exact) mass is 337 g/mol. The van der Waals surface area contributed by atoms with Crippen LogP contribution in [0.5, 0.6) is 0 Å². The Morgan fingerprint density at radius 3 is 2.56 bits per heavy atom. The summed E-state index contributed by atoms with van der Waals surface area (Å²) in [7, 11) is 0. The number of furan rings is 1. The molecule has 0 aliphatic carbocycles. The molecule has 6 heteroatoms. The summed E-state index contributed by atoms with van der Waals surface area (Å²) in [5.74, 6) is 0.351. The lowest BCUT2D eigenvalue weighted by atomic mass is 10.2. The average Bonchev–Trinajstić information content (AvgIpc) is 3.17. The third-order valence-electron chi connectivity index (χ3n) is 3.97. The molecule has 1 aromatic carbocycles. The SMILES string of the molecule is CCN(C(=O)C(C)n1nc(-c2ccco2)ccc1=O)c1ccccc1. The highest BCUT2D eigenvalue weighted by atomic mass is 16.3. The summed E-state index contributed by atoms with van der Waals surface area (Å²) in [4.78, 5) is 26.8. The van der Waals surface area contributed by atoms with Gasteiger partial charge in [0, 0.05) is 18.3 Å². The largest absolute Gasteiger partial charge is 0.463 e. The summed E-state index contributed by atoms with van der Waals surface area (Å²) in [6, 6.07) is 15.1. The van der Waals surface area contributed by atoms with Crippen LogP contribution in [0.2, 0.25) is 0 Å². The Morgan fingerprint density at radius 2 is 1.92 bits per heavy atom. The molecule has 0 fully saturated rings. The van der Waals surface area contributed by atoms with Gasteiger partial charge in [-0.3, -0.25) is 9.59 Å². The fourth-order valence-electron chi connectivity index (χ4n) is 2.66. The van der Waals surface area contributed by atoms with Crippen LogP contribution in [0.3, 0.4) is 0 Å². The number of hydrogen-bond acceptors (Lipinski definition) is 4. The molecular weight excluding hydrogens is 318 g/mol. The lowest BCUT2D eigenvalue weighted by molar-refractivity contribution is -0.121. The van der Waals surface area contributed by atoms with Crippen molar-refractivity contribution in [1.29, 1.82) is 0 Å². The number of benzene rings is 1. The maximum absolute atomic E-state index is 12.9. The molecule has 0 spiro atoms. The lowest BCUT2D eigenvalue weighted by Crippen LogP contribution is -2.40. The minimum Gasteiger partial charge on any atom is -0.463 e. The van der Waals surface area contributed by atoms with E-state index >= 15 is 0 Å². The van der Waals surface area contributed by atoms with Gasteiger partial charge in [-0.05, 0) is 44.2 Å². The van der Waals surface area contributed by atoms with Gasteiger partial charge < -0.3 is 9.32 Å². The van der Waals surface area contributed by atoms with Crippen LogP contribution in [-0.2, 0) is 4.79 Å². The van der Waals surface area contributed by atoms with Gasteiger partial charge in [0.15, 0.2) is 5.76 Å². The molecule has 128 valence electrons. The number of amides is 1. The number of likely N-dealkylation sites (N-methyl/N-ethyl adjacent to an activating group) is 1. The second-order valence-electron chi connectivity index (χ2n) is 5.57. The number of hydrogen-bond donors (Lipinski definition) is 0. The van der Waals surface area contributed by atoms with Gasteiger partial charge in [-0.2, -0.15) is 5.10 Å². The maximum atomic E-state index is 12.9. The van der Waals surface area contributed by atoms with Crippen molar-refractivity contribution in [2.45, 2.75) is 19.9 Å². The van der Waals surface area contributed by atoms with Crippen molar-refractivity contribution in [3.8, 4) is 11.5 Å². The number of aromatic nitrogens is 2. The summed E-state index contributed by atoms with van der Waals surface area (Å²) in [6.07, 6.45) is 1.54. The third kappa shape index (κ3) is 3.38. The Kier molecular flexibility index (Phi) is 4.79. The molecule has 3 rings (SSSR count). The van der Waals surface area contributed by atoms with Gasteiger partial charge in [0.05, 0.1) is 6.26 Å². The summed E-state index contributed by atoms with van der Waals surface area (Å²) in [5, 5.41) is 4.31. The molecule has 0 N–H and O–H groups in total. The predicted molar refractivity (Wildman–Crippen MR) is 95.4 cm³/mol. The molecule has 0 bridgehead atoms. The smallest absolute Gasteiger partial charge is 0.267 e. The van der Waals surface area contributed by atoms with Crippen molar-refractivity contribution < 1.29 is 9.21 Å². The zero-order valence-corrected chi connectivity index (χ0v) is 14.1. The lowest BCUT2D eigenvalue weighted by Gasteiger charge is -2.25. The van der Waals surface area contributed by atoms with E-state index < -0.39 is 6.04 Å². The van der Waals surface area contributed by atoms with E-state index in [9.17, 15) is 9.59 Å². The van der Waals surface area contributed by atoms with Crippen molar-refractivity contribution in [3.63, 3.8) is 0 Å². The van der Waals surface area contributed by atoms with E-state index in [1.54, 1.807) is 30.0 Å². The van der Waals surface area contributed by atoms with Crippen LogP contribution in [-0.4, -0.2) is 22.2 Å². The van der Waals surface area contributed by atoms with Gasteiger partial charge in [0.25, 0.3) is 11.5 Å². The molecule has 2 heterocycles. The van der Waals surface area contributed by atoms with E-state index in [1.807, 2.05) is 37.3 Å². The summed E-state index contributed by atoms with van der Waals surface area (Å²) >= 11 is 0. The van der Waals surface area contributed by atoms with Crippen LogP contribution in [0, 0.1) is 0 Å². The van der Waals surface area contributed by atoms with E-state index in [4.69, 9.17) is 4.42 Å². The molecule has 25 heavy (non-hydrogen) atoms. The van der Waals surface area contributed by atoms with Gasteiger partial charge >= 0.3 is 0 Å². The van der Waals surface area contributed by atoms with E-state index in [1.165, 1.54) is 17.0 Å². The molecule has 0 radical (unpaired) electrons. The maximum Gasteiger partial charge on any atom is 0.267 e. The van der Waals surface area contributed by atoms with Crippen LogP contribution in [0.15, 0.2) is 70.1 Å². The Labute approximate surface area is 145 Å². The predicted octanol–water partition coefficient (Wildman–Crippen LogP) is 3.12. The highest BCUT2D eigenvalue weighted by Crippen LogP contribution is 2.19. The van der Waals surface area contributed by atoms with Gasteiger partial charge in [0.2, 0.25) is 0 Å². The van der Waals surface area contributed by atoms with E-state index in [-0.39, 0.29) is 11.5 Å². The van der Waals surface area contributed by atoms with E-state index in [0.29, 0.717) is 18.0 Å². The third-order valence-corrected chi connectivity index (χ3v) is 3.97. The van der Waals surface area contributed by atoms with Crippen molar-refractivity contribution in [2.24, 2.45) is 0 Å². The van der Waals surface area contributed by atoms with E-state index in [0.717, 1.165) is 5.69 Å². The van der Waals surface area contributed by atoms with E-state index in [2.05, 4.69) is 5.10 Å². The highest BCUT2D eigenvalue weighted by Gasteiger charge is 2.24. The minimum absolute atomic E-state index is 0.195. The van der Waals surface area contributed by atoms with Crippen LogP contribution in [0.4, 0.5) is 5.69 Å². The molecule has 2 aromatic heterocycles. The first-order valence-corrected chi connectivity index (χ1v) is 8.12. The fraction of sp³-hybridized carbons (Fsp3) is 0.211. The van der Waals surface area contributed by atoms with Crippen molar-refractivity contribution in [1.82, 2.24) is 9.78 Å². The van der Waals surface area contributed by atoms with Gasteiger partial charge in [0.1, 0.15) is 11.7 Å². The Balaban J connectivity index is 1.94. The summed E-state index contributed by atoms with van der Waals surface area (Å²) in [6.45, 7) is 4.07. The fourth-order valence-corrected chi connectivity index (χ4v) is 2.66. The average molecular weight is 337 g/mol. The van der Waals surface area contributed by atoms with Gasteiger partial charge in [-0.15, -0.1) is 0 Å². The van der Waals surface area contributed by atoms with Crippen molar-refractivity contribution in [2.75, 3.05) is 11.4 Å². The Morgan fingerprint density at radius 1 is 1.16 bits per heavy atom. The first-order valence-electron chi connectivity index (χ1n) is 8.12. The van der Waals surface area contributed by atoms with Crippen LogP contribution >= 0.6 is 0 Å². The molecule has 6 nitrogen and oxygen atoms in total. The number of carbonyl (C=O) groups is 1. The summed E-state index contributed by atoms with van der Waals surface area (Å²) in [5.41, 5.74) is 0.962. The molecule has 0 aliphatic rings. The van der Waals surface area contributed by atoms with Crippen LogP contribution < -0.4 is 10.5 Å². The zero-order chi connectivity index (χ0) is 17.8. The number of carbonyl (C=O) groups excluding carboxylic acids is 1. The highest BCUT2D eigenvalue weighted by molar-refractivity contribution is 5.95. The first kappa shape index (κ1) is 16.7. The molecule has 1 unspecified atom stereocenters. The second kappa shape index (κ2) is 7.17. The number of anilines is 1. The summed E-state index contributed by atoms with van der Waals surface area (Å²) < 4.78 is 6.52. The number of rotatable bonds is 5. The zero-order valence-electron chi connectivity index (χ0n) is 14.1. The number of para-hydroxylation sites is 1. The molecule has 1 amide bonds. The standard InChI is InChI=1S/C19H19N3O3/c1-3-21(15-8-5-4-6-9-15)19(24)14(2)22-18(23)12-11-16(20-22)17-10-7-13-25-17/h4-14H,3H2,1-2H3.